The van der Waals surface area contributed by atoms with Crippen molar-refractivity contribution in [1.82, 2.24) is 4.90 Å². The summed E-state index contributed by atoms with van der Waals surface area (Å²) in [6.45, 7) is 0.496. The monoisotopic (exact) mass is 331 g/mol. The molecule has 0 radical (unpaired) electrons. The molecule has 0 saturated heterocycles. The van der Waals surface area contributed by atoms with Crippen LogP contribution in [0.5, 0.6) is 0 Å². The van der Waals surface area contributed by atoms with E-state index in [0.29, 0.717) is 10.0 Å². The number of aliphatic hydroxyl groups is 1. The minimum absolute atomic E-state index is 0.0398. The third-order valence-electron chi connectivity index (χ3n) is 3.70. The topological polar surface area (TPSA) is 49.8 Å². The molecule has 1 amide bonds. The third kappa shape index (κ3) is 4.10. The molecule has 1 N–H and O–H groups in total. The van der Waals surface area contributed by atoms with E-state index >= 15 is 0 Å². The summed E-state index contributed by atoms with van der Waals surface area (Å²) in [7, 11) is 3.22. The van der Waals surface area contributed by atoms with Gasteiger partial charge in [-0.15, -0.1) is 0 Å². The summed E-state index contributed by atoms with van der Waals surface area (Å²) < 4.78 is 4.86. The highest BCUT2D eigenvalue weighted by molar-refractivity contribution is 6.42. The van der Waals surface area contributed by atoms with Crippen LogP contribution in [0.1, 0.15) is 17.9 Å². The second-order valence-corrected chi connectivity index (χ2v) is 6.26. The molecule has 3 unspecified atom stereocenters. The average Bonchev–Trinajstić information content (AvgIpc) is 3.21. The van der Waals surface area contributed by atoms with Gasteiger partial charge in [0, 0.05) is 26.6 Å². The molecule has 0 spiro atoms. The van der Waals surface area contributed by atoms with Gasteiger partial charge in [-0.05, 0) is 30.0 Å². The van der Waals surface area contributed by atoms with Crippen LogP contribution in [0.15, 0.2) is 18.2 Å². The van der Waals surface area contributed by atoms with Crippen LogP contribution in [-0.4, -0.2) is 49.3 Å². The van der Waals surface area contributed by atoms with Crippen molar-refractivity contribution >= 4 is 29.1 Å². The standard InChI is InChI=1S/C15H19Cl2NO3/c1-18(7-10(19)8-21-2)15(20)12-6-11(12)9-3-4-13(16)14(17)5-9/h3-5,10-12,19H,6-8H2,1-2H3. The SMILES string of the molecule is COCC(O)CN(C)C(=O)C1CC1c1ccc(Cl)c(Cl)c1. The average molecular weight is 332 g/mol. The van der Waals surface area contributed by atoms with Crippen LogP contribution in [-0.2, 0) is 9.53 Å². The second kappa shape index (κ2) is 6.97. The first-order chi connectivity index (χ1) is 9.93. The lowest BCUT2D eigenvalue weighted by Crippen LogP contribution is -2.37. The molecule has 0 heterocycles. The molecule has 21 heavy (non-hydrogen) atoms. The number of rotatable bonds is 6. The lowest BCUT2D eigenvalue weighted by Gasteiger charge is -2.20. The summed E-state index contributed by atoms with van der Waals surface area (Å²) in [5.74, 6) is 0.192. The summed E-state index contributed by atoms with van der Waals surface area (Å²) in [5.41, 5.74) is 1.04. The highest BCUT2D eigenvalue weighted by Gasteiger charge is 2.45. The molecular weight excluding hydrogens is 313 g/mol. The highest BCUT2D eigenvalue weighted by atomic mass is 35.5. The Morgan fingerprint density at radius 2 is 2.19 bits per heavy atom. The van der Waals surface area contributed by atoms with Crippen molar-refractivity contribution in [2.75, 3.05) is 27.3 Å². The van der Waals surface area contributed by atoms with E-state index in [2.05, 4.69) is 0 Å². The Morgan fingerprint density at radius 1 is 1.48 bits per heavy atom. The van der Waals surface area contributed by atoms with E-state index in [1.165, 1.54) is 7.11 Å². The summed E-state index contributed by atoms with van der Waals surface area (Å²) in [5, 5.41) is 10.7. The van der Waals surface area contributed by atoms with Crippen molar-refractivity contribution in [3.63, 3.8) is 0 Å². The molecular formula is C15H19Cl2NO3. The molecule has 1 aromatic carbocycles. The lowest BCUT2D eigenvalue weighted by atomic mass is 10.1. The van der Waals surface area contributed by atoms with Gasteiger partial charge in [0.1, 0.15) is 0 Å². The van der Waals surface area contributed by atoms with Crippen LogP contribution in [0.2, 0.25) is 10.0 Å². The van der Waals surface area contributed by atoms with E-state index < -0.39 is 6.10 Å². The molecule has 3 atom stereocenters. The Labute approximate surface area is 134 Å². The molecule has 0 aromatic heterocycles. The van der Waals surface area contributed by atoms with Crippen molar-refractivity contribution < 1.29 is 14.6 Å². The number of ether oxygens (including phenoxy) is 1. The number of carbonyl (C=O) groups excluding carboxylic acids is 1. The molecule has 0 aliphatic heterocycles. The van der Waals surface area contributed by atoms with Gasteiger partial charge in [0.05, 0.1) is 22.8 Å². The molecule has 1 saturated carbocycles. The zero-order valence-electron chi connectivity index (χ0n) is 12.1. The maximum Gasteiger partial charge on any atom is 0.226 e. The molecule has 1 aliphatic rings. The molecule has 0 bridgehead atoms. The number of hydrogen-bond donors (Lipinski definition) is 1. The first-order valence-corrected chi connectivity index (χ1v) is 7.56. The Hall–Kier alpha value is -0.810. The first-order valence-electron chi connectivity index (χ1n) is 6.81. The van der Waals surface area contributed by atoms with E-state index in [1.807, 2.05) is 12.1 Å². The number of halogens is 2. The highest BCUT2D eigenvalue weighted by Crippen LogP contribution is 2.49. The van der Waals surface area contributed by atoms with Gasteiger partial charge in [0.15, 0.2) is 0 Å². The van der Waals surface area contributed by atoms with E-state index in [1.54, 1.807) is 18.0 Å². The Morgan fingerprint density at radius 3 is 2.81 bits per heavy atom. The molecule has 1 aromatic rings. The number of nitrogens with zero attached hydrogens (tertiary/aromatic N) is 1. The van der Waals surface area contributed by atoms with Gasteiger partial charge >= 0.3 is 0 Å². The van der Waals surface area contributed by atoms with Crippen molar-refractivity contribution in [3.8, 4) is 0 Å². The van der Waals surface area contributed by atoms with Crippen molar-refractivity contribution in [2.45, 2.75) is 18.4 Å². The fourth-order valence-corrected chi connectivity index (χ4v) is 2.82. The van der Waals surface area contributed by atoms with Gasteiger partial charge in [-0.1, -0.05) is 29.3 Å². The fourth-order valence-electron chi connectivity index (χ4n) is 2.51. The maximum atomic E-state index is 12.3. The number of amides is 1. The molecule has 6 heteroatoms. The van der Waals surface area contributed by atoms with Gasteiger partial charge < -0.3 is 14.7 Å². The normalized spacial score (nSPS) is 22.0. The summed E-state index contributed by atoms with van der Waals surface area (Å²) in [4.78, 5) is 13.9. The van der Waals surface area contributed by atoms with Crippen molar-refractivity contribution in [1.29, 1.82) is 0 Å². The van der Waals surface area contributed by atoms with Gasteiger partial charge in [0.2, 0.25) is 5.91 Å². The van der Waals surface area contributed by atoms with Crippen molar-refractivity contribution in [2.24, 2.45) is 5.92 Å². The summed E-state index contributed by atoms with van der Waals surface area (Å²) in [6, 6.07) is 5.48. The number of hydrogen-bond acceptors (Lipinski definition) is 3. The molecule has 1 aliphatic carbocycles. The molecule has 4 nitrogen and oxygen atoms in total. The van der Waals surface area contributed by atoms with Crippen LogP contribution in [0.3, 0.4) is 0 Å². The van der Waals surface area contributed by atoms with E-state index in [-0.39, 0.29) is 30.9 Å². The number of benzene rings is 1. The van der Waals surface area contributed by atoms with Crippen LogP contribution >= 0.6 is 23.2 Å². The predicted octanol–water partition coefficient (Wildman–Crippen LogP) is 2.56. The zero-order chi connectivity index (χ0) is 15.6. The summed E-state index contributed by atoms with van der Waals surface area (Å²) >= 11 is 11.9. The quantitative estimate of drug-likeness (QED) is 0.871. The summed E-state index contributed by atoms with van der Waals surface area (Å²) in [6.07, 6.45) is 0.146. The lowest BCUT2D eigenvalue weighted by molar-refractivity contribution is -0.133. The van der Waals surface area contributed by atoms with Crippen molar-refractivity contribution in [3.05, 3.63) is 33.8 Å². The number of methoxy groups -OCH3 is 1. The fraction of sp³-hybridized carbons (Fsp3) is 0.533. The predicted molar refractivity (Wildman–Crippen MR) is 82.8 cm³/mol. The van der Waals surface area contributed by atoms with Gasteiger partial charge in [-0.2, -0.15) is 0 Å². The van der Waals surface area contributed by atoms with Gasteiger partial charge in [0.25, 0.3) is 0 Å². The number of aliphatic hydroxyl groups excluding tert-OH is 1. The van der Waals surface area contributed by atoms with E-state index in [0.717, 1.165) is 12.0 Å². The van der Waals surface area contributed by atoms with Crippen LogP contribution < -0.4 is 0 Å². The van der Waals surface area contributed by atoms with E-state index in [4.69, 9.17) is 27.9 Å². The number of carbonyl (C=O) groups is 1. The molecule has 1 fully saturated rings. The maximum absolute atomic E-state index is 12.3. The zero-order valence-corrected chi connectivity index (χ0v) is 13.6. The Bertz CT molecular complexity index is 524. The third-order valence-corrected chi connectivity index (χ3v) is 4.44. The van der Waals surface area contributed by atoms with Gasteiger partial charge in [-0.3, -0.25) is 4.79 Å². The smallest absolute Gasteiger partial charge is 0.226 e. The Kier molecular flexibility index (Phi) is 5.49. The van der Waals surface area contributed by atoms with Crippen LogP contribution in [0.25, 0.3) is 0 Å². The van der Waals surface area contributed by atoms with Crippen LogP contribution in [0.4, 0.5) is 0 Å². The largest absolute Gasteiger partial charge is 0.389 e. The molecule has 2 rings (SSSR count). The molecule has 116 valence electrons. The van der Waals surface area contributed by atoms with E-state index in [9.17, 15) is 9.90 Å². The van der Waals surface area contributed by atoms with Crippen LogP contribution in [0, 0.1) is 5.92 Å². The first kappa shape index (κ1) is 16.6. The van der Waals surface area contributed by atoms with Gasteiger partial charge in [-0.25, -0.2) is 0 Å². The second-order valence-electron chi connectivity index (χ2n) is 5.45. The Balaban J connectivity index is 1.92. The number of likely N-dealkylation sites (N-methyl/N-ethyl adjacent to an activating group) is 1. The minimum atomic E-state index is -0.661. The minimum Gasteiger partial charge on any atom is -0.389 e.